The molecule has 0 bridgehead atoms. The molecule has 0 spiro atoms. The van der Waals surface area contributed by atoms with E-state index in [-0.39, 0.29) is 11.7 Å². The van der Waals surface area contributed by atoms with Gasteiger partial charge in [0.25, 0.3) is 0 Å². The van der Waals surface area contributed by atoms with Crippen molar-refractivity contribution in [2.75, 3.05) is 25.0 Å². The number of fused-ring (bicyclic) bond motifs is 1. The number of aromatic nitrogens is 1. The minimum absolute atomic E-state index is 0.109. The number of amides is 1. The third-order valence-electron chi connectivity index (χ3n) is 7.04. The molecule has 1 aromatic heterocycles. The molecule has 1 fully saturated rings. The Morgan fingerprint density at radius 2 is 1.97 bits per heavy atom. The van der Waals surface area contributed by atoms with E-state index in [9.17, 15) is 9.18 Å². The summed E-state index contributed by atoms with van der Waals surface area (Å²) in [4.78, 5) is 18.0. The van der Waals surface area contributed by atoms with E-state index in [2.05, 4.69) is 47.4 Å². The van der Waals surface area contributed by atoms with E-state index in [0.717, 1.165) is 74.7 Å². The van der Waals surface area contributed by atoms with Gasteiger partial charge in [-0.05, 0) is 98.6 Å². The Labute approximate surface area is 196 Å². The molecule has 0 unspecified atom stereocenters. The van der Waals surface area contributed by atoms with Gasteiger partial charge in [-0.2, -0.15) is 0 Å². The normalized spacial score (nSPS) is 15.2. The predicted molar refractivity (Wildman–Crippen MR) is 134 cm³/mol. The maximum absolute atomic E-state index is 13.7. The van der Waals surface area contributed by atoms with E-state index in [4.69, 9.17) is 0 Å². The van der Waals surface area contributed by atoms with Gasteiger partial charge < -0.3 is 15.2 Å². The average Bonchev–Trinajstić information content (AvgIpc) is 3.23. The topological polar surface area (TPSA) is 48.1 Å². The van der Waals surface area contributed by atoms with E-state index >= 15 is 0 Å². The number of aryl methyl sites for hydroxylation is 1. The Bertz CT molecular complexity index is 1080. The van der Waals surface area contributed by atoms with E-state index in [1.54, 1.807) is 6.07 Å². The number of H-pyrrole nitrogens is 1. The fourth-order valence-electron chi connectivity index (χ4n) is 4.98. The van der Waals surface area contributed by atoms with Crippen molar-refractivity contribution in [3.8, 4) is 0 Å². The van der Waals surface area contributed by atoms with Crippen LogP contribution in [-0.4, -0.2) is 35.4 Å². The van der Waals surface area contributed by atoms with Gasteiger partial charge in [-0.1, -0.05) is 25.8 Å². The highest BCUT2D eigenvalue weighted by atomic mass is 19.1. The summed E-state index contributed by atoms with van der Waals surface area (Å²) in [5.74, 6) is 0.415. The zero-order valence-electron chi connectivity index (χ0n) is 19.9. The summed E-state index contributed by atoms with van der Waals surface area (Å²) in [6, 6.07) is 11.3. The summed E-state index contributed by atoms with van der Waals surface area (Å²) >= 11 is 0. The number of hydrogen-bond acceptors (Lipinski definition) is 2. The molecule has 5 heteroatoms. The predicted octanol–water partition coefficient (Wildman–Crippen LogP) is 6.56. The third-order valence-corrected chi connectivity index (χ3v) is 7.04. The molecule has 1 aliphatic rings. The van der Waals surface area contributed by atoms with Crippen LogP contribution in [0.1, 0.15) is 68.1 Å². The van der Waals surface area contributed by atoms with Crippen molar-refractivity contribution >= 4 is 22.5 Å². The summed E-state index contributed by atoms with van der Waals surface area (Å²) in [6.07, 6.45) is 9.00. The Morgan fingerprint density at radius 3 is 2.76 bits per heavy atom. The van der Waals surface area contributed by atoms with E-state index in [0.29, 0.717) is 12.3 Å². The molecule has 0 saturated carbocycles. The van der Waals surface area contributed by atoms with Crippen LogP contribution < -0.4 is 5.32 Å². The highest BCUT2D eigenvalue weighted by molar-refractivity contribution is 5.90. The molecule has 2 heterocycles. The van der Waals surface area contributed by atoms with E-state index in [1.807, 2.05) is 12.1 Å². The van der Waals surface area contributed by atoms with Gasteiger partial charge in [0.2, 0.25) is 5.91 Å². The standard InChI is InChI=1S/C28H36FN3O/c1-3-4-5-6-28(33)31-24-9-7-20(2)22(17-24)13-16-32-14-11-21(12-15-32)26-19-30-27-10-8-23(29)18-25(26)27/h7-10,17-19,21,30H,3-6,11-16H2,1-2H3,(H,31,33). The number of nitrogens with zero attached hydrogens (tertiary/aromatic N) is 1. The fraction of sp³-hybridized carbons (Fsp3) is 0.464. The summed E-state index contributed by atoms with van der Waals surface area (Å²) in [6.45, 7) is 7.42. The van der Waals surface area contributed by atoms with Crippen LogP contribution in [0.2, 0.25) is 0 Å². The molecular formula is C28H36FN3O. The van der Waals surface area contributed by atoms with Crippen LogP contribution in [0.3, 0.4) is 0 Å². The zero-order chi connectivity index (χ0) is 23.2. The van der Waals surface area contributed by atoms with Gasteiger partial charge in [-0.15, -0.1) is 0 Å². The molecular weight excluding hydrogens is 413 g/mol. The van der Waals surface area contributed by atoms with Crippen molar-refractivity contribution < 1.29 is 9.18 Å². The molecule has 1 saturated heterocycles. The first-order chi connectivity index (χ1) is 16.0. The second kappa shape index (κ2) is 11.0. The number of likely N-dealkylation sites (tertiary alicyclic amines) is 1. The number of anilines is 1. The lowest BCUT2D eigenvalue weighted by Crippen LogP contribution is -2.34. The highest BCUT2D eigenvalue weighted by Crippen LogP contribution is 2.33. The number of benzene rings is 2. The second-order valence-electron chi connectivity index (χ2n) is 9.45. The van der Waals surface area contributed by atoms with Crippen molar-refractivity contribution in [1.82, 2.24) is 9.88 Å². The molecule has 2 aromatic carbocycles. The second-order valence-corrected chi connectivity index (χ2v) is 9.45. The molecule has 1 aliphatic heterocycles. The zero-order valence-corrected chi connectivity index (χ0v) is 19.9. The highest BCUT2D eigenvalue weighted by Gasteiger charge is 2.23. The van der Waals surface area contributed by atoms with Crippen molar-refractivity contribution in [2.45, 2.75) is 64.7 Å². The SMILES string of the molecule is CCCCCC(=O)Nc1ccc(C)c(CCN2CCC(c3c[nH]c4ccc(F)cc34)CC2)c1. The number of aromatic amines is 1. The Hall–Kier alpha value is -2.66. The van der Waals surface area contributed by atoms with Gasteiger partial charge in [0.05, 0.1) is 0 Å². The number of halogens is 1. The van der Waals surface area contributed by atoms with E-state index in [1.165, 1.54) is 22.8 Å². The number of unbranched alkanes of at least 4 members (excludes halogenated alkanes) is 2. The Morgan fingerprint density at radius 1 is 1.15 bits per heavy atom. The monoisotopic (exact) mass is 449 g/mol. The summed E-state index contributed by atoms with van der Waals surface area (Å²) in [5.41, 5.74) is 5.75. The average molecular weight is 450 g/mol. The lowest BCUT2D eigenvalue weighted by molar-refractivity contribution is -0.116. The van der Waals surface area contributed by atoms with Crippen molar-refractivity contribution in [2.24, 2.45) is 0 Å². The fourth-order valence-corrected chi connectivity index (χ4v) is 4.98. The number of rotatable bonds is 9. The largest absolute Gasteiger partial charge is 0.361 e. The van der Waals surface area contributed by atoms with Gasteiger partial charge in [-0.25, -0.2) is 4.39 Å². The first-order valence-electron chi connectivity index (χ1n) is 12.4. The maximum atomic E-state index is 13.7. The van der Waals surface area contributed by atoms with Crippen LogP contribution in [0.5, 0.6) is 0 Å². The number of carbonyl (C=O) groups excluding carboxylic acids is 1. The van der Waals surface area contributed by atoms with Crippen LogP contribution in [0, 0.1) is 12.7 Å². The molecule has 33 heavy (non-hydrogen) atoms. The Kier molecular flexibility index (Phi) is 7.81. The van der Waals surface area contributed by atoms with Crippen LogP contribution in [0.25, 0.3) is 10.9 Å². The molecule has 3 aromatic rings. The minimum Gasteiger partial charge on any atom is -0.361 e. The smallest absolute Gasteiger partial charge is 0.224 e. The van der Waals surface area contributed by atoms with Crippen molar-refractivity contribution in [3.63, 3.8) is 0 Å². The molecule has 1 amide bonds. The number of hydrogen-bond donors (Lipinski definition) is 2. The van der Waals surface area contributed by atoms with Crippen LogP contribution in [0.4, 0.5) is 10.1 Å². The van der Waals surface area contributed by atoms with E-state index < -0.39 is 0 Å². The Balaban J connectivity index is 1.29. The van der Waals surface area contributed by atoms with Gasteiger partial charge in [0.15, 0.2) is 0 Å². The van der Waals surface area contributed by atoms with Gasteiger partial charge in [-0.3, -0.25) is 4.79 Å². The van der Waals surface area contributed by atoms with Crippen molar-refractivity contribution in [3.05, 3.63) is 65.1 Å². The molecule has 176 valence electrons. The van der Waals surface area contributed by atoms with Crippen LogP contribution >= 0.6 is 0 Å². The summed E-state index contributed by atoms with van der Waals surface area (Å²) in [5, 5.41) is 4.09. The first-order valence-corrected chi connectivity index (χ1v) is 12.4. The molecule has 4 rings (SSSR count). The number of carbonyl (C=O) groups is 1. The number of nitrogens with one attached hydrogen (secondary N) is 2. The maximum Gasteiger partial charge on any atom is 0.224 e. The first kappa shape index (κ1) is 23.5. The molecule has 4 nitrogen and oxygen atoms in total. The molecule has 0 aliphatic carbocycles. The third kappa shape index (κ3) is 6.02. The lowest BCUT2D eigenvalue weighted by atomic mass is 9.89. The summed E-state index contributed by atoms with van der Waals surface area (Å²) < 4.78 is 13.7. The van der Waals surface area contributed by atoms with Crippen LogP contribution in [0.15, 0.2) is 42.6 Å². The molecule has 0 atom stereocenters. The lowest BCUT2D eigenvalue weighted by Gasteiger charge is -2.32. The van der Waals surface area contributed by atoms with Crippen molar-refractivity contribution in [1.29, 1.82) is 0 Å². The van der Waals surface area contributed by atoms with Gasteiger partial charge in [0, 0.05) is 35.8 Å². The quantitative estimate of drug-likeness (QED) is 0.364. The van der Waals surface area contributed by atoms with Gasteiger partial charge in [0.1, 0.15) is 5.82 Å². The molecule has 2 N–H and O–H groups in total. The van der Waals surface area contributed by atoms with Crippen LogP contribution in [-0.2, 0) is 11.2 Å². The molecule has 0 radical (unpaired) electrons. The summed E-state index contributed by atoms with van der Waals surface area (Å²) in [7, 11) is 0. The van der Waals surface area contributed by atoms with Gasteiger partial charge >= 0.3 is 0 Å². The number of piperidine rings is 1. The minimum atomic E-state index is -0.171.